The smallest absolute Gasteiger partial charge is 0.227 e. The number of ether oxygens (including phenoxy) is 1. The molecule has 114 valence electrons. The van der Waals surface area contributed by atoms with E-state index in [4.69, 9.17) is 4.74 Å². The van der Waals surface area contributed by atoms with Crippen LogP contribution in [0.15, 0.2) is 48.5 Å². The molecule has 0 spiro atoms. The Hall–Kier alpha value is -2.36. The van der Waals surface area contributed by atoms with Crippen LogP contribution in [0.5, 0.6) is 5.75 Å². The van der Waals surface area contributed by atoms with Gasteiger partial charge in [0, 0.05) is 12.1 Å². The Kier molecular flexibility index (Phi) is 4.09. The fraction of sp³-hybridized carbons (Fsp3) is 0.278. The van der Waals surface area contributed by atoms with Gasteiger partial charge in [-0.1, -0.05) is 30.3 Å². The van der Waals surface area contributed by atoms with Crippen molar-refractivity contribution in [2.24, 2.45) is 0 Å². The Balaban J connectivity index is 1.76. The molecule has 0 N–H and O–H groups in total. The first-order valence-corrected chi connectivity index (χ1v) is 7.38. The van der Waals surface area contributed by atoms with Gasteiger partial charge in [-0.15, -0.1) is 0 Å². The minimum absolute atomic E-state index is 0.0266. The Morgan fingerprint density at radius 3 is 2.73 bits per heavy atom. The number of nitrogens with zero attached hydrogens (tertiary/aromatic N) is 1. The van der Waals surface area contributed by atoms with Gasteiger partial charge in [0.05, 0.1) is 13.0 Å². The SMILES string of the molecule is CC1CN(C(=O)Cc2ccc(F)cc2)Cc2ccccc2O1. The zero-order valence-electron chi connectivity index (χ0n) is 12.5. The van der Waals surface area contributed by atoms with Crippen molar-refractivity contribution < 1.29 is 13.9 Å². The van der Waals surface area contributed by atoms with Crippen LogP contribution < -0.4 is 4.74 Å². The minimum atomic E-state index is -0.290. The predicted octanol–water partition coefficient (Wildman–Crippen LogP) is 3.18. The molecule has 1 aliphatic rings. The van der Waals surface area contributed by atoms with Crippen LogP contribution in [0.4, 0.5) is 4.39 Å². The number of hydrogen-bond donors (Lipinski definition) is 0. The first kappa shape index (κ1) is 14.6. The molecule has 1 unspecified atom stereocenters. The van der Waals surface area contributed by atoms with Gasteiger partial charge >= 0.3 is 0 Å². The predicted molar refractivity (Wildman–Crippen MR) is 82.1 cm³/mol. The molecule has 0 aliphatic carbocycles. The second-order valence-corrected chi connectivity index (χ2v) is 5.61. The molecular formula is C18H18FNO2. The summed E-state index contributed by atoms with van der Waals surface area (Å²) in [6, 6.07) is 13.9. The molecule has 3 rings (SSSR count). The number of para-hydroxylation sites is 1. The molecule has 1 aliphatic heterocycles. The van der Waals surface area contributed by atoms with Crippen molar-refractivity contribution in [3.63, 3.8) is 0 Å². The molecule has 0 saturated heterocycles. The van der Waals surface area contributed by atoms with Crippen LogP contribution in [0.1, 0.15) is 18.1 Å². The lowest BCUT2D eigenvalue weighted by molar-refractivity contribution is -0.131. The molecule has 0 bridgehead atoms. The molecule has 2 aromatic rings. The molecule has 0 aromatic heterocycles. The number of rotatable bonds is 2. The van der Waals surface area contributed by atoms with Gasteiger partial charge in [-0.3, -0.25) is 4.79 Å². The van der Waals surface area contributed by atoms with Crippen LogP contribution in [0.2, 0.25) is 0 Å². The van der Waals surface area contributed by atoms with E-state index in [1.54, 1.807) is 17.0 Å². The van der Waals surface area contributed by atoms with Crippen LogP contribution in [-0.4, -0.2) is 23.5 Å². The summed E-state index contributed by atoms with van der Waals surface area (Å²) in [6.45, 7) is 3.05. The molecule has 0 fully saturated rings. The van der Waals surface area contributed by atoms with E-state index in [0.717, 1.165) is 16.9 Å². The van der Waals surface area contributed by atoms with E-state index in [1.807, 2.05) is 31.2 Å². The Bertz CT molecular complexity index is 669. The summed E-state index contributed by atoms with van der Waals surface area (Å²) in [5.41, 5.74) is 1.83. The molecule has 2 aromatic carbocycles. The third-order valence-electron chi connectivity index (χ3n) is 3.76. The summed E-state index contributed by atoms with van der Waals surface area (Å²) in [6.07, 6.45) is 0.218. The highest BCUT2D eigenvalue weighted by atomic mass is 19.1. The van der Waals surface area contributed by atoms with E-state index in [1.165, 1.54) is 12.1 Å². The molecule has 1 atom stereocenters. The van der Waals surface area contributed by atoms with E-state index in [9.17, 15) is 9.18 Å². The third kappa shape index (κ3) is 3.27. The molecule has 1 amide bonds. The average Bonchev–Trinajstić information content (AvgIpc) is 2.67. The largest absolute Gasteiger partial charge is 0.489 e. The normalized spacial score (nSPS) is 17.4. The number of carbonyl (C=O) groups is 1. The fourth-order valence-electron chi connectivity index (χ4n) is 2.66. The summed E-state index contributed by atoms with van der Waals surface area (Å²) < 4.78 is 18.8. The van der Waals surface area contributed by atoms with Crippen molar-refractivity contribution in [2.45, 2.75) is 26.0 Å². The Labute approximate surface area is 129 Å². The van der Waals surface area contributed by atoms with E-state index in [0.29, 0.717) is 13.1 Å². The lowest BCUT2D eigenvalue weighted by Gasteiger charge is -2.22. The summed E-state index contributed by atoms with van der Waals surface area (Å²) in [5.74, 6) is 0.577. The lowest BCUT2D eigenvalue weighted by Crippen LogP contribution is -2.36. The first-order chi connectivity index (χ1) is 10.6. The molecular weight excluding hydrogens is 281 g/mol. The fourth-order valence-corrected chi connectivity index (χ4v) is 2.66. The number of amides is 1. The van der Waals surface area contributed by atoms with Crippen LogP contribution in [-0.2, 0) is 17.8 Å². The second-order valence-electron chi connectivity index (χ2n) is 5.61. The number of benzene rings is 2. The maximum Gasteiger partial charge on any atom is 0.227 e. The van der Waals surface area contributed by atoms with Crippen LogP contribution >= 0.6 is 0 Å². The highest BCUT2D eigenvalue weighted by Crippen LogP contribution is 2.25. The van der Waals surface area contributed by atoms with Crippen molar-refractivity contribution in [3.8, 4) is 5.75 Å². The molecule has 22 heavy (non-hydrogen) atoms. The van der Waals surface area contributed by atoms with Crippen molar-refractivity contribution in [1.82, 2.24) is 4.90 Å². The summed E-state index contributed by atoms with van der Waals surface area (Å²) in [5, 5.41) is 0. The topological polar surface area (TPSA) is 29.5 Å². The van der Waals surface area contributed by atoms with Crippen molar-refractivity contribution in [1.29, 1.82) is 0 Å². The third-order valence-corrected chi connectivity index (χ3v) is 3.76. The van der Waals surface area contributed by atoms with Gasteiger partial charge in [0.15, 0.2) is 0 Å². The van der Waals surface area contributed by atoms with Crippen LogP contribution in [0.25, 0.3) is 0 Å². The van der Waals surface area contributed by atoms with Crippen molar-refractivity contribution in [3.05, 3.63) is 65.5 Å². The zero-order chi connectivity index (χ0) is 15.5. The standard InChI is InChI=1S/C18H18FNO2/c1-13-11-20(12-15-4-2-3-5-17(15)22-13)18(21)10-14-6-8-16(19)9-7-14/h2-9,13H,10-12H2,1H3. The summed E-state index contributed by atoms with van der Waals surface area (Å²) in [7, 11) is 0. The molecule has 3 nitrogen and oxygen atoms in total. The second kappa shape index (κ2) is 6.18. The minimum Gasteiger partial charge on any atom is -0.489 e. The lowest BCUT2D eigenvalue weighted by atomic mass is 10.1. The monoisotopic (exact) mass is 299 g/mol. The van der Waals surface area contributed by atoms with Gasteiger partial charge in [-0.2, -0.15) is 0 Å². The maximum absolute atomic E-state index is 12.9. The van der Waals surface area contributed by atoms with Crippen LogP contribution in [0, 0.1) is 5.82 Å². The van der Waals surface area contributed by atoms with Gasteiger partial charge in [0.2, 0.25) is 5.91 Å². The first-order valence-electron chi connectivity index (χ1n) is 7.38. The quantitative estimate of drug-likeness (QED) is 0.852. The number of hydrogen-bond acceptors (Lipinski definition) is 2. The highest BCUT2D eigenvalue weighted by molar-refractivity contribution is 5.79. The Morgan fingerprint density at radius 1 is 1.23 bits per heavy atom. The Morgan fingerprint density at radius 2 is 1.95 bits per heavy atom. The van der Waals surface area contributed by atoms with Gasteiger partial charge < -0.3 is 9.64 Å². The van der Waals surface area contributed by atoms with Gasteiger partial charge in [-0.25, -0.2) is 4.39 Å². The summed E-state index contributed by atoms with van der Waals surface area (Å²) in [4.78, 5) is 14.3. The van der Waals surface area contributed by atoms with E-state index < -0.39 is 0 Å². The average molecular weight is 299 g/mol. The van der Waals surface area contributed by atoms with Crippen molar-refractivity contribution >= 4 is 5.91 Å². The maximum atomic E-state index is 12.9. The molecule has 0 radical (unpaired) electrons. The van der Waals surface area contributed by atoms with E-state index >= 15 is 0 Å². The van der Waals surface area contributed by atoms with E-state index in [2.05, 4.69) is 0 Å². The highest BCUT2D eigenvalue weighted by Gasteiger charge is 2.23. The molecule has 4 heteroatoms. The zero-order valence-corrected chi connectivity index (χ0v) is 12.5. The number of halogens is 1. The van der Waals surface area contributed by atoms with Gasteiger partial charge in [-0.05, 0) is 30.7 Å². The van der Waals surface area contributed by atoms with Gasteiger partial charge in [0.1, 0.15) is 17.7 Å². The number of fused-ring (bicyclic) bond motifs is 1. The number of carbonyl (C=O) groups excluding carboxylic acids is 1. The molecule has 1 heterocycles. The summed E-state index contributed by atoms with van der Waals surface area (Å²) >= 11 is 0. The van der Waals surface area contributed by atoms with Crippen molar-refractivity contribution in [2.75, 3.05) is 6.54 Å². The molecule has 0 saturated carbocycles. The van der Waals surface area contributed by atoms with Gasteiger partial charge in [0.25, 0.3) is 0 Å². The van der Waals surface area contributed by atoms with E-state index in [-0.39, 0.29) is 24.2 Å². The van der Waals surface area contributed by atoms with Crippen LogP contribution in [0.3, 0.4) is 0 Å².